The maximum Gasteiger partial charge on any atom is 0.361 e. The van der Waals surface area contributed by atoms with E-state index in [-0.39, 0.29) is 30.3 Å². The van der Waals surface area contributed by atoms with Crippen LogP contribution in [-0.2, 0) is 27.8 Å². The Morgan fingerprint density at radius 2 is 0.886 bits per heavy atom. The summed E-state index contributed by atoms with van der Waals surface area (Å²) in [7, 11) is -7.60. The minimum Gasteiger partial charge on any atom is -0.326 e. The Morgan fingerprint density at radius 3 is 1.20 bits per heavy atom. The van der Waals surface area contributed by atoms with Gasteiger partial charge in [0, 0.05) is 24.2 Å². The highest BCUT2D eigenvalue weighted by atomic mass is 31.2. The number of anilines is 2. The number of carbonyl (C=O) groups is 2. The molecular weight excluding hydrogens is 602 g/mol. The molecule has 0 bridgehead atoms. The lowest BCUT2D eigenvalue weighted by Crippen LogP contribution is -2.13. The lowest BCUT2D eigenvalue weighted by Gasteiger charge is -2.17. The van der Waals surface area contributed by atoms with Crippen LogP contribution in [0.15, 0.2) is 48.5 Å². The standard InChI is InChI=1S/C32H50N2O8P2/c1-3-41-44(40,42-4-2)30-25-21-28(22-26-30)34-32(36)18-16-14-12-10-8-6-5-7-9-11-13-15-17-31(35)33-27-19-23-29(24-20-27)43(37,38)39/h19-26H,3-18H2,1-2H3,(H,33,35)(H,34,36)(H2,37,38,39). The maximum atomic E-state index is 12.8. The summed E-state index contributed by atoms with van der Waals surface area (Å²) in [4.78, 5) is 42.6. The molecule has 2 aromatic rings. The molecule has 12 heteroatoms. The number of nitrogens with one attached hydrogen (secondary N) is 2. The van der Waals surface area contributed by atoms with E-state index in [4.69, 9.17) is 18.8 Å². The molecule has 246 valence electrons. The quantitative estimate of drug-likeness (QED) is 0.0715. The van der Waals surface area contributed by atoms with Crippen molar-refractivity contribution in [1.29, 1.82) is 0 Å². The van der Waals surface area contributed by atoms with Crippen LogP contribution in [0.2, 0.25) is 0 Å². The molecule has 0 aliphatic rings. The second-order valence-electron chi connectivity index (χ2n) is 10.8. The first-order valence-corrected chi connectivity index (χ1v) is 19.0. The van der Waals surface area contributed by atoms with Gasteiger partial charge in [0.15, 0.2) is 0 Å². The van der Waals surface area contributed by atoms with Crippen molar-refractivity contribution in [3.05, 3.63) is 48.5 Å². The first-order valence-electron chi connectivity index (χ1n) is 15.8. The molecule has 0 saturated heterocycles. The first kappa shape index (κ1) is 37.9. The van der Waals surface area contributed by atoms with Crippen LogP contribution in [0.4, 0.5) is 11.4 Å². The minimum atomic E-state index is -4.27. The fourth-order valence-electron chi connectivity index (χ4n) is 4.78. The van der Waals surface area contributed by atoms with Crippen LogP contribution in [0, 0.1) is 0 Å². The zero-order chi connectivity index (χ0) is 32.3. The predicted molar refractivity (Wildman–Crippen MR) is 177 cm³/mol. The lowest BCUT2D eigenvalue weighted by atomic mass is 10.0. The Morgan fingerprint density at radius 1 is 0.568 bits per heavy atom. The number of rotatable bonds is 23. The van der Waals surface area contributed by atoms with Gasteiger partial charge >= 0.3 is 15.2 Å². The van der Waals surface area contributed by atoms with E-state index in [2.05, 4.69) is 10.6 Å². The van der Waals surface area contributed by atoms with Crippen LogP contribution in [0.5, 0.6) is 0 Å². The van der Waals surface area contributed by atoms with Gasteiger partial charge in [0.25, 0.3) is 0 Å². The minimum absolute atomic E-state index is 0.0217. The average molecular weight is 653 g/mol. The van der Waals surface area contributed by atoms with Crippen molar-refractivity contribution in [3.63, 3.8) is 0 Å². The molecule has 2 rings (SSSR count). The fraction of sp³-hybridized carbons (Fsp3) is 0.562. The highest BCUT2D eigenvalue weighted by Crippen LogP contribution is 2.46. The molecule has 10 nitrogen and oxygen atoms in total. The van der Waals surface area contributed by atoms with E-state index in [1.165, 1.54) is 62.8 Å². The van der Waals surface area contributed by atoms with E-state index < -0.39 is 15.2 Å². The highest BCUT2D eigenvalue weighted by Gasteiger charge is 2.26. The lowest BCUT2D eigenvalue weighted by molar-refractivity contribution is -0.117. The Hall–Kier alpha value is -2.32. The average Bonchev–Trinajstić information content (AvgIpc) is 2.97. The third kappa shape index (κ3) is 15.1. The summed E-state index contributed by atoms with van der Waals surface area (Å²) in [6.45, 7) is 4.11. The van der Waals surface area contributed by atoms with Crippen LogP contribution in [-0.4, -0.2) is 34.8 Å². The smallest absolute Gasteiger partial charge is 0.326 e. The van der Waals surface area contributed by atoms with Crippen molar-refractivity contribution < 1.29 is 37.6 Å². The molecule has 0 heterocycles. The van der Waals surface area contributed by atoms with Crippen LogP contribution < -0.4 is 21.2 Å². The SMILES string of the molecule is CCOP(=O)(OCC)c1ccc(NC(=O)CCCCCCCCCCCCCCC(=O)Nc2ccc(P(=O)(O)O)cc2)cc1. The molecule has 2 amide bonds. The number of benzene rings is 2. The summed E-state index contributed by atoms with van der Waals surface area (Å²) < 4.78 is 34.8. The van der Waals surface area contributed by atoms with Crippen molar-refractivity contribution >= 4 is 49.0 Å². The van der Waals surface area contributed by atoms with E-state index in [0.717, 1.165) is 38.5 Å². The van der Waals surface area contributed by atoms with Gasteiger partial charge in [-0.25, -0.2) is 0 Å². The van der Waals surface area contributed by atoms with Crippen LogP contribution in [0.3, 0.4) is 0 Å². The van der Waals surface area contributed by atoms with Gasteiger partial charge < -0.3 is 29.5 Å². The third-order valence-corrected chi connectivity index (χ3v) is 10.2. The van der Waals surface area contributed by atoms with Gasteiger partial charge in [-0.2, -0.15) is 0 Å². The Labute approximate surface area is 262 Å². The number of carbonyl (C=O) groups excluding carboxylic acids is 2. The van der Waals surface area contributed by atoms with Crippen LogP contribution in [0.25, 0.3) is 0 Å². The molecule has 4 N–H and O–H groups in total. The summed E-state index contributed by atoms with van der Waals surface area (Å²) in [6, 6.07) is 12.5. The van der Waals surface area contributed by atoms with Crippen molar-refractivity contribution in [2.75, 3.05) is 23.8 Å². The van der Waals surface area contributed by atoms with Crippen molar-refractivity contribution in [1.82, 2.24) is 0 Å². The second-order valence-corrected chi connectivity index (χ2v) is 14.4. The monoisotopic (exact) mass is 652 g/mol. The summed E-state index contributed by atoms with van der Waals surface area (Å²) in [6.07, 6.45) is 14.1. The van der Waals surface area contributed by atoms with E-state index in [1.807, 2.05) is 0 Å². The Bertz CT molecular complexity index is 1210. The molecule has 0 spiro atoms. The summed E-state index contributed by atoms with van der Waals surface area (Å²) >= 11 is 0. The Balaban J connectivity index is 1.42. The van der Waals surface area contributed by atoms with E-state index >= 15 is 0 Å². The summed E-state index contributed by atoms with van der Waals surface area (Å²) in [5.74, 6) is -0.110. The molecule has 44 heavy (non-hydrogen) atoms. The zero-order valence-corrected chi connectivity index (χ0v) is 28.0. The van der Waals surface area contributed by atoms with Crippen LogP contribution in [0.1, 0.15) is 104 Å². The maximum absolute atomic E-state index is 12.8. The van der Waals surface area contributed by atoms with Gasteiger partial charge in [0.05, 0.1) is 23.8 Å². The van der Waals surface area contributed by atoms with Gasteiger partial charge in [0.1, 0.15) is 0 Å². The normalized spacial score (nSPS) is 11.8. The third-order valence-electron chi connectivity index (χ3n) is 7.11. The largest absolute Gasteiger partial charge is 0.361 e. The summed E-state index contributed by atoms with van der Waals surface area (Å²) in [5.41, 5.74) is 1.20. The molecule has 0 atom stereocenters. The predicted octanol–water partition coefficient (Wildman–Crippen LogP) is 7.42. The topological polar surface area (TPSA) is 151 Å². The van der Waals surface area contributed by atoms with Gasteiger partial charge in [0.2, 0.25) is 11.8 Å². The van der Waals surface area contributed by atoms with E-state index in [1.54, 1.807) is 38.1 Å². The van der Waals surface area contributed by atoms with Gasteiger partial charge in [-0.05, 0) is 75.2 Å². The molecule has 0 aliphatic heterocycles. The number of hydrogen-bond donors (Lipinski definition) is 4. The molecule has 2 aromatic carbocycles. The van der Waals surface area contributed by atoms with Crippen molar-refractivity contribution in [2.24, 2.45) is 0 Å². The molecular formula is C32H50N2O8P2. The second kappa shape index (κ2) is 20.7. The van der Waals surface area contributed by atoms with Crippen molar-refractivity contribution in [3.8, 4) is 0 Å². The molecule has 0 saturated carbocycles. The first-order chi connectivity index (χ1) is 21.1. The molecule has 0 aliphatic carbocycles. The fourth-order valence-corrected chi connectivity index (χ4v) is 6.88. The van der Waals surface area contributed by atoms with Gasteiger partial charge in [-0.3, -0.25) is 18.7 Å². The highest BCUT2D eigenvalue weighted by molar-refractivity contribution is 7.62. The van der Waals surface area contributed by atoms with Crippen molar-refractivity contribution in [2.45, 2.75) is 104 Å². The molecule has 0 fully saturated rings. The van der Waals surface area contributed by atoms with Crippen LogP contribution >= 0.6 is 15.2 Å². The molecule has 0 radical (unpaired) electrons. The number of unbranched alkanes of at least 4 members (excludes halogenated alkanes) is 11. The molecule has 0 aromatic heterocycles. The number of hydrogen-bond acceptors (Lipinski definition) is 6. The zero-order valence-electron chi connectivity index (χ0n) is 26.2. The van der Waals surface area contributed by atoms with Gasteiger partial charge in [-0.15, -0.1) is 0 Å². The number of amides is 2. The van der Waals surface area contributed by atoms with Gasteiger partial charge in [-0.1, -0.05) is 64.2 Å². The molecule has 0 unspecified atom stereocenters. The van der Waals surface area contributed by atoms with E-state index in [0.29, 0.717) is 29.5 Å². The Kier molecular flexibility index (Phi) is 17.8. The van der Waals surface area contributed by atoms with E-state index in [9.17, 15) is 18.7 Å². The summed E-state index contributed by atoms with van der Waals surface area (Å²) in [5, 5.41) is 6.08.